The zero-order valence-corrected chi connectivity index (χ0v) is 19.2. The maximum absolute atomic E-state index is 12.2. The van der Waals surface area contributed by atoms with Crippen LogP contribution in [0.2, 0.25) is 0 Å². The van der Waals surface area contributed by atoms with Crippen LogP contribution in [-0.2, 0) is 11.3 Å². The van der Waals surface area contributed by atoms with Crippen LogP contribution in [0.5, 0.6) is 0 Å². The van der Waals surface area contributed by atoms with E-state index in [1.807, 2.05) is 31.3 Å². The van der Waals surface area contributed by atoms with Crippen LogP contribution in [0, 0.1) is 0 Å². The molecule has 3 aromatic rings. The fourth-order valence-electron chi connectivity index (χ4n) is 3.37. The molecule has 0 fully saturated rings. The van der Waals surface area contributed by atoms with Crippen molar-refractivity contribution in [3.8, 4) is 0 Å². The van der Waals surface area contributed by atoms with Crippen LogP contribution in [-0.4, -0.2) is 62.1 Å². The first-order valence-electron chi connectivity index (χ1n) is 10.1. The van der Waals surface area contributed by atoms with Gasteiger partial charge in [-0.15, -0.1) is 0 Å². The number of fused-ring (bicyclic) bond motifs is 1. The lowest BCUT2D eigenvalue weighted by Gasteiger charge is -2.22. The third-order valence-corrected chi connectivity index (χ3v) is 5.54. The summed E-state index contributed by atoms with van der Waals surface area (Å²) < 4.78 is 1.03. The molecule has 0 aliphatic heterocycles. The first-order valence-corrected chi connectivity index (χ1v) is 10.9. The van der Waals surface area contributed by atoms with E-state index in [9.17, 15) is 4.79 Å². The van der Waals surface area contributed by atoms with Gasteiger partial charge in [-0.25, -0.2) is 0 Å². The van der Waals surface area contributed by atoms with Crippen molar-refractivity contribution >= 4 is 38.7 Å². The highest BCUT2D eigenvalue weighted by atomic mass is 79.9. The molecule has 5 heteroatoms. The number of aliphatic imine (C=N–C) groups is 1. The van der Waals surface area contributed by atoms with Crippen LogP contribution in [0.15, 0.2) is 76.2 Å². The van der Waals surface area contributed by atoms with Crippen LogP contribution < -0.4 is 0 Å². The Hall–Kier alpha value is -2.34. The molecule has 0 amide bonds. The van der Waals surface area contributed by atoms with Gasteiger partial charge in [0.05, 0.1) is 13.1 Å². The summed E-state index contributed by atoms with van der Waals surface area (Å²) in [7, 11) is 4.11. The highest BCUT2D eigenvalue weighted by molar-refractivity contribution is 9.10. The number of likely N-dealkylation sites (N-methyl/N-ethyl adjacent to an activating group) is 2. The molecule has 156 valence electrons. The van der Waals surface area contributed by atoms with Gasteiger partial charge in [-0.05, 0) is 48.1 Å². The van der Waals surface area contributed by atoms with E-state index in [0.717, 1.165) is 29.7 Å². The normalized spacial score (nSPS) is 11.8. The summed E-state index contributed by atoms with van der Waals surface area (Å²) in [5.74, 6) is 0.127. The summed E-state index contributed by atoms with van der Waals surface area (Å²) in [6.07, 6.45) is 1.75. The summed E-state index contributed by atoms with van der Waals surface area (Å²) in [5.41, 5.74) is 2.33. The molecule has 3 aromatic carbocycles. The number of hydrogen-bond donors (Lipinski definition) is 0. The molecule has 4 nitrogen and oxygen atoms in total. The van der Waals surface area contributed by atoms with E-state index in [4.69, 9.17) is 0 Å². The molecule has 0 saturated heterocycles. The van der Waals surface area contributed by atoms with E-state index in [0.29, 0.717) is 6.54 Å². The molecule has 0 atom stereocenters. The Balaban J connectivity index is 1.41. The van der Waals surface area contributed by atoms with Crippen molar-refractivity contribution in [2.45, 2.75) is 6.54 Å². The van der Waals surface area contributed by atoms with E-state index in [1.165, 1.54) is 16.3 Å². The minimum absolute atomic E-state index is 0.127. The Morgan fingerprint density at radius 1 is 0.933 bits per heavy atom. The van der Waals surface area contributed by atoms with Crippen LogP contribution >= 0.6 is 15.9 Å². The second kappa shape index (κ2) is 11.2. The lowest BCUT2D eigenvalue weighted by molar-refractivity contribution is -0.118. The lowest BCUT2D eigenvalue weighted by atomic mass is 10.0. The lowest BCUT2D eigenvalue weighted by Crippen LogP contribution is -2.34. The highest BCUT2D eigenvalue weighted by Gasteiger charge is 2.09. The predicted molar refractivity (Wildman–Crippen MR) is 129 cm³/mol. The van der Waals surface area contributed by atoms with Gasteiger partial charge in [0.25, 0.3) is 0 Å². The quantitative estimate of drug-likeness (QED) is 0.408. The third-order valence-electron chi connectivity index (χ3n) is 5.01. The summed E-state index contributed by atoms with van der Waals surface area (Å²) in [4.78, 5) is 20.8. The molecule has 3 rings (SSSR count). The number of hydrogen-bond acceptors (Lipinski definition) is 4. The highest BCUT2D eigenvalue weighted by Crippen LogP contribution is 2.19. The number of halogens is 1. The number of rotatable bonds is 10. The van der Waals surface area contributed by atoms with Crippen molar-refractivity contribution in [3.05, 3.63) is 82.3 Å². The molecule has 0 saturated carbocycles. The van der Waals surface area contributed by atoms with Crippen molar-refractivity contribution in [1.82, 2.24) is 9.80 Å². The molecule has 0 aliphatic carbocycles. The number of ketones is 1. The number of Topliss-reactive ketones (excluding diaryl/α,β-unsaturated/α-hetero) is 1. The zero-order valence-electron chi connectivity index (χ0n) is 17.6. The van der Waals surface area contributed by atoms with Gasteiger partial charge in [0, 0.05) is 30.3 Å². The Labute approximate surface area is 187 Å². The van der Waals surface area contributed by atoms with Crippen LogP contribution in [0.4, 0.5) is 0 Å². The third kappa shape index (κ3) is 6.87. The van der Waals surface area contributed by atoms with Crippen molar-refractivity contribution in [1.29, 1.82) is 0 Å². The molecule has 30 heavy (non-hydrogen) atoms. The Bertz CT molecular complexity index is 995. The van der Waals surface area contributed by atoms with E-state index < -0.39 is 0 Å². The number of nitrogens with zero attached hydrogens (tertiary/aromatic N) is 3. The van der Waals surface area contributed by atoms with Gasteiger partial charge in [0.15, 0.2) is 5.78 Å². The Kier molecular flexibility index (Phi) is 8.31. The zero-order chi connectivity index (χ0) is 21.3. The van der Waals surface area contributed by atoms with Crippen molar-refractivity contribution in [2.24, 2.45) is 4.99 Å². The molecule has 0 aliphatic rings. The maximum Gasteiger partial charge on any atom is 0.168 e. The topological polar surface area (TPSA) is 35.9 Å². The second-order valence-corrected chi connectivity index (χ2v) is 8.59. The molecular formula is C25H28BrN3O. The number of carbonyl (C=O) groups excluding carboxylic acids is 1. The first-order chi connectivity index (χ1) is 14.5. The summed E-state index contributed by atoms with van der Waals surface area (Å²) in [5, 5.41) is 2.58. The first kappa shape index (κ1) is 22.3. The van der Waals surface area contributed by atoms with Crippen LogP contribution in [0.25, 0.3) is 10.8 Å². The van der Waals surface area contributed by atoms with E-state index in [-0.39, 0.29) is 12.3 Å². The van der Waals surface area contributed by atoms with Gasteiger partial charge in [0.1, 0.15) is 0 Å². The second-order valence-electron chi connectivity index (χ2n) is 7.67. The SMILES string of the molecule is CN(CCN(C)Cc1cccc2ccccc12)CC(=O)CN=Cc1ccc(Br)cc1. The molecule has 0 unspecified atom stereocenters. The predicted octanol–water partition coefficient (Wildman–Crippen LogP) is 4.65. The van der Waals surface area contributed by atoms with E-state index in [1.54, 1.807) is 6.21 Å². The average Bonchev–Trinajstić information content (AvgIpc) is 2.74. The van der Waals surface area contributed by atoms with Gasteiger partial charge in [-0.2, -0.15) is 0 Å². The maximum atomic E-state index is 12.2. The number of benzene rings is 3. The minimum Gasteiger partial charge on any atom is -0.301 e. The molecule has 0 radical (unpaired) electrons. The van der Waals surface area contributed by atoms with Gasteiger partial charge < -0.3 is 4.90 Å². The molecular weight excluding hydrogens is 438 g/mol. The van der Waals surface area contributed by atoms with Crippen LogP contribution in [0.1, 0.15) is 11.1 Å². The van der Waals surface area contributed by atoms with Crippen molar-refractivity contribution < 1.29 is 4.79 Å². The number of carbonyl (C=O) groups is 1. The van der Waals surface area contributed by atoms with Gasteiger partial charge in [-0.1, -0.05) is 70.5 Å². The van der Waals surface area contributed by atoms with E-state index >= 15 is 0 Å². The fourth-order valence-corrected chi connectivity index (χ4v) is 3.64. The average molecular weight is 466 g/mol. The Morgan fingerprint density at radius 2 is 1.63 bits per heavy atom. The smallest absolute Gasteiger partial charge is 0.168 e. The van der Waals surface area contributed by atoms with E-state index in [2.05, 4.69) is 80.2 Å². The van der Waals surface area contributed by atoms with Gasteiger partial charge in [0.2, 0.25) is 0 Å². The standard InChI is InChI=1S/C25H28BrN3O/c1-28(18-22-8-5-7-21-6-3-4-9-25(21)22)14-15-29(2)19-24(30)17-27-16-20-10-12-23(26)13-11-20/h3-13,16H,14-15,17-19H2,1-2H3. The Morgan fingerprint density at radius 3 is 2.43 bits per heavy atom. The van der Waals surface area contributed by atoms with Gasteiger partial charge in [-0.3, -0.25) is 14.7 Å². The molecule has 0 N–H and O–H groups in total. The molecule has 0 heterocycles. The molecule has 0 spiro atoms. The summed E-state index contributed by atoms with van der Waals surface area (Å²) >= 11 is 3.41. The largest absolute Gasteiger partial charge is 0.301 e. The molecule has 0 bridgehead atoms. The van der Waals surface area contributed by atoms with Gasteiger partial charge >= 0.3 is 0 Å². The monoisotopic (exact) mass is 465 g/mol. The summed E-state index contributed by atoms with van der Waals surface area (Å²) in [6, 6.07) is 22.8. The van der Waals surface area contributed by atoms with Crippen molar-refractivity contribution in [2.75, 3.05) is 40.3 Å². The van der Waals surface area contributed by atoms with Crippen LogP contribution in [0.3, 0.4) is 0 Å². The fraction of sp³-hybridized carbons (Fsp3) is 0.280. The minimum atomic E-state index is 0.127. The van der Waals surface area contributed by atoms with Crippen molar-refractivity contribution in [3.63, 3.8) is 0 Å². The molecule has 0 aromatic heterocycles. The summed E-state index contributed by atoms with van der Waals surface area (Å²) in [6.45, 7) is 3.26.